The maximum atomic E-state index is 11.4. The lowest BCUT2D eigenvalue weighted by molar-refractivity contribution is 0.100. The number of rotatable bonds is 1. The summed E-state index contributed by atoms with van der Waals surface area (Å²) in [5.41, 5.74) is 6.43. The highest BCUT2D eigenvalue weighted by molar-refractivity contribution is 7.92. The molecule has 14 heavy (non-hydrogen) atoms. The van der Waals surface area contributed by atoms with E-state index < -0.39 is 15.6 Å². The quantitative estimate of drug-likeness (QED) is 0.709. The fraction of sp³-hybridized carbons (Fsp3) is 0.222. The van der Waals surface area contributed by atoms with Crippen LogP contribution in [0.3, 0.4) is 0 Å². The number of anilines is 1. The number of benzene rings is 1. The van der Waals surface area contributed by atoms with Crippen LogP contribution < -0.4 is 5.73 Å². The fourth-order valence-corrected chi connectivity index (χ4v) is 1.38. The summed E-state index contributed by atoms with van der Waals surface area (Å²) < 4.78 is 14.8. The Balaban J connectivity index is 3.03. The van der Waals surface area contributed by atoms with Crippen molar-refractivity contribution >= 4 is 21.3 Å². The van der Waals surface area contributed by atoms with Crippen LogP contribution in [0.1, 0.15) is 10.4 Å². The summed E-state index contributed by atoms with van der Waals surface area (Å²) in [5, 5.41) is 0. The Kier molecular flexibility index (Phi) is 2.90. The summed E-state index contributed by atoms with van der Waals surface area (Å²) in [6, 6.07) is 6.34. The van der Waals surface area contributed by atoms with Gasteiger partial charge in [0.1, 0.15) is 0 Å². The van der Waals surface area contributed by atoms with E-state index in [1.165, 1.54) is 12.5 Å². The van der Waals surface area contributed by atoms with Crippen LogP contribution in [0.15, 0.2) is 28.6 Å². The van der Waals surface area contributed by atoms with E-state index in [1.54, 1.807) is 24.3 Å². The van der Waals surface area contributed by atoms with Crippen LogP contribution in [-0.2, 0) is 9.73 Å². The van der Waals surface area contributed by atoms with Crippen molar-refractivity contribution in [2.24, 2.45) is 4.36 Å². The molecule has 0 aliphatic carbocycles. The Morgan fingerprint density at radius 2 is 1.79 bits per heavy atom. The molecular formula is C9H12N2O2S. The predicted octanol–water partition coefficient (Wildman–Crippen LogP) is 1.14. The molecule has 0 saturated carbocycles. The largest absolute Gasteiger partial charge is 0.399 e. The number of nitrogen functional groups attached to an aromatic ring is 1. The van der Waals surface area contributed by atoms with E-state index in [0.717, 1.165) is 0 Å². The summed E-state index contributed by atoms with van der Waals surface area (Å²) in [6.45, 7) is 0. The first kappa shape index (κ1) is 10.7. The first-order chi connectivity index (χ1) is 6.38. The van der Waals surface area contributed by atoms with Gasteiger partial charge in [-0.25, -0.2) is 4.21 Å². The van der Waals surface area contributed by atoms with Gasteiger partial charge in [0.15, 0.2) is 0 Å². The zero-order valence-corrected chi connectivity index (χ0v) is 8.88. The summed E-state index contributed by atoms with van der Waals surface area (Å²) in [7, 11) is -2.39. The smallest absolute Gasteiger partial charge is 0.285 e. The Bertz CT molecular complexity index is 448. The molecule has 5 heteroatoms. The van der Waals surface area contributed by atoms with Gasteiger partial charge in [-0.2, -0.15) is 4.36 Å². The third-order valence-corrected chi connectivity index (χ3v) is 2.07. The van der Waals surface area contributed by atoms with Crippen LogP contribution in [-0.4, -0.2) is 22.6 Å². The van der Waals surface area contributed by atoms with Gasteiger partial charge in [-0.1, -0.05) is 0 Å². The average molecular weight is 212 g/mol. The van der Waals surface area contributed by atoms with E-state index in [2.05, 4.69) is 4.36 Å². The van der Waals surface area contributed by atoms with Crippen molar-refractivity contribution in [3.63, 3.8) is 0 Å². The van der Waals surface area contributed by atoms with Gasteiger partial charge >= 0.3 is 0 Å². The molecule has 0 atom stereocenters. The van der Waals surface area contributed by atoms with Crippen molar-refractivity contribution in [2.45, 2.75) is 0 Å². The second kappa shape index (κ2) is 3.79. The molecular weight excluding hydrogens is 200 g/mol. The first-order valence-corrected chi connectivity index (χ1v) is 6.28. The Labute approximate surface area is 83.3 Å². The van der Waals surface area contributed by atoms with Gasteiger partial charge in [0, 0.05) is 33.5 Å². The maximum Gasteiger partial charge on any atom is 0.285 e. The van der Waals surface area contributed by atoms with Crippen molar-refractivity contribution in [2.75, 3.05) is 18.2 Å². The van der Waals surface area contributed by atoms with Crippen molar-refractivity contribution in [1.29, 1.82) is 0 Å². The van der Waals surface area contributed by atoms with Gasteiger partial charge in [-0.3, -0.25) is 4.79 Å². The molecule has 1 aromatic carbocycles. The molecule has 0 aromatic heterocycles. The van der Waals surface area contributed by atoms with E-state index in [0.29, 0.717) is 11.3 Å². The van der Waals surface area contributed by atoms with Gasteiger partial charge in [-0.15, -0.1) is 0 Å². The summed E-state index contributed by atoms with van der Waals surface area (Å²) in [6.07, 6.45) is 2.84. The zero-order chi connectivity index (χ0) is 10.8. The van der Waals surface area contributed by atoms with Crippen molar-refractivity contribution in [1.82, 2.24) is 0 Å². The second-order valence-corrected chi connectivity index (χ2v) is 5.74. The molecule has 2 N–H and O–H groups in total. The van der Waals surface area contributed by atoms with Crippen LogP contribution in [0.2, 0.25) is 0 Å². The average Bonchev–Trinajstić information content (AvgIpc) is 2.02. The lowest BCUT2D eigenvalue weighted by atomic mass is 10.2. The van der Waals surface area contributed by atoms with E-state index in [4.69, 9.17) is 5.73 Å². The molecule has 0 bridgehead atoms. The van der Waals surface area contributed by atoms with E-state index in [1.807, 2.05) is 0 Å². The number of hydrogen-bond acceptors (Lipinski definition) is 3. The van der Waals surface area contributed by atoms with Crippen LogP contribution in [0.4, 0.5) is 5.69 Å². The van der Waals surface area contributed by atoms with Gasteiger partial charge in [0.25, 0.3) is 5.91 Å². The molecule has 0 aliphatic heterocycles. The first-order valence-electron chi connectivity index (χ1n) is 3.95. The Morgan fingerprint density at radius 1 is 1.29 bits per heavy atom. The molecule has 0 saturated heterocycles. The number of nitrogens with zero attached hydrogens (tertiary/aromatic N) is 1. The van der Waals surface area contributed by atoms with Crippen molar-refractivity contribution in [3.05, 3.63) is 29.8 Å². The minimum atomic E-state index is -2.39. The van der Waals surface area contributed by atoms with Crippen molar-refractivity contribution < 1.29 is 9.00 Å². The molecule has 0 fully saturated rings. The highest BCUT2D eigenvalue weighted by Crippen LogP contribution is 2.07. The fourth-order valence-electron chi connectivity index (χ4n) is 0.878. The molecule has 1 aromatic rings. The molecule has 0 unspecified atom stereocenters. The zero-order valence-electron chi connectivity index (χ0n) is 8.06. The molecule has 0 radical (unpaired) electrons. The minimum absolute atomic E-state index is 0.399. The molecule has 0 aliphatic rings. The Hall–Kier alpha value is -1.36. The minimum Gasteiger partial charge on any atom is -0.399 e. The number of carbonyl (C=O) groups excluding carboxylic acids is 1. The number of hydrogen-bond donors (Lipinski definition) is 1. The second-order valence-electron chi connectivity index (χ2n) is 3.20. The number of carbonyl (C=O) groups is 1. The van der Waals surface area contributed by atoms with Crippen LogP contribution in [0, 0.1) is 0 Å². The molecule has 76 valence electrons. The highest BCUT2D eigenvalue weighted by Gasteiger charge is 2.04. The van der Waals surface area contributed by atoms with Crippen LogP contribution >= 0.6 is 0 Å². The molecule has 0 spiro atoms. The van der Waals surface area contributed by atoms with Gasteiger partial charge < -0.3 is 5.73 Å². The molecule has 1 amide bonds. The summed E-state index contributed by atoms with van der Waals surface area (Å²) in [4.78, 5) is 11.4. The SMILES string of the molecule is CS(C)(=O)=NC(=O)c1ccc(N)cc1. The van der Waals surface area contributed by atoms with E-state index in [9.17, 15) is 9.00 Å². The standard InChI is InChI=1S/C9H12N2O2S/c1-14(2,13)11-9(12)7-3-5-8(10)6-4-7/h3-6H,10H2,1-2H3. The third kappa shape index (κ3) is 3.18. The third-order valence-electron chi connectivity index (χ3n) is 1.46. The topological polar surface area (TPSA) is 72.5 Å². The highest BCUT2D eigenvalue weighted by atomic mass is 32.2. The molecule has 1 rings (SSSR count). The van der Waals surface area contributed by atoms with Gasteiger partial charge in [-0.05, 0) is 24.3 Å². The number of nitrogens with two attached hydrogens (primary N) is 1. The number of amides is 1. The summed E-state index contributed by atoms with van der Waals surface area (Å²) >= 11 is 0. The van der Waals surface area contributed by atoms with Gasteiger partial charge in [0.2, 0.25) is 0 Å². The summed E-state index contributed by atoms with van der Waals surface area (Å²) in [5.74, 6) is -0.472. The lowest BCUT2D eigenvalue weighted by Crippen LogP contribution is -2.01. The molecule has 0 heterocycles. The monoisotopic (exact) mass is 212 g/mol. The van der Waals surface area contributed by atoms with Crippen LogP contribution in [0.5, 0.6) is 0 Å². The predicted molar refractivity (Wildman–Crippen MR) is 57.6 cm³/mol. The maximum absolute atomic E-state index is 11.4. The van der Waals surface area contributed by atoms with E-state index >= 15 is 0 Å². The lowest BCUT2D eigenvalue weighted by Gasteiger charge is -1.97. The van der Waals surface area contributed by atoms with Crippen molar-refractivity contribution in [3.8, 4) is 0 Å². The van der Waals surface area contributed by atoms with Gasteiger partial charge in [0.05, 0.1) is 0 Å². The normalized spacial score (nSPS) is 11.0. The van der Waals surface area contributed by atoms with Crippen LogP contribution in [0.25, 0.3) is 0 Å². The van der Waals surface area contributed by atoms with E-state index in [-0.39, 0.29) is 0 Å². The molecule has 4 nitrogen and oxygen atoms in total. The Morgan fingerprint density at radius 3 is 2.21 bits per heavy atom.